The monoisotopic (exact) mass is 448 g/mol. The molecule has 1 aliphatic rings. The number of nitrogens with zero attached hydrogens (tertiary/aromatic N) is 4. The quantitative estimate of drug-likeness (QED) is 0.525. The molecule has 2 amide bonds. The molecule has 2 heterocycles. The normalized spacial score (nSPS) is 13.2. The highest BCUT2D eigenvalue weighted by Crippen LogP contribution is 2.20. The maximum Gasteiger partial charge on any atom is 0.260 e. The Kier molecular flexibility index (Phi) is 7.02. The molecule has 1 aromatic heterocycles. The summed E-state index contributed by atoms with van der Waals surface area (Å²) in [7, 11) is 1.72. The van der Waals surface area contributed by atoms with Gasteiger partial charge in [-0.15, -0.1) is 0 Å². The molecule has 8 heteroatoms. The number of aromatic nitrogens is 2. The molecule has 0 saturated carbocycles. The number of benzene rings is 2. The first-order valence-corrected chi connectivity index (χ1v) is 11.2. The van der Waals surface area contributed by atoms with Crippen LogP contribution in [0.2, 0.25) is 0 Å². The topological polar surface area (TPSA) is 88.8 Å². The van der Waals surface area contributed by atoms with Gasteiger partial charge in [0, 0.05) is 44.2 Å². The first kappa shape index (κ1) is 22.5. The first-order chi connectivity index (χ1) is 16.0. The number of likely N-dealkylation sites (tertiary alicyclic amines) is 1. The highest BCUT2D eigenvalue weighted by atomic mass is 16.5. The summed E-state index contributed by atoms with van der Waals surface area (Å²) in [5, 5.41) is 4.02. The van der Waals surface area contributed by atoms with Crippen LogP contribution in [0.3, 0.4) is 0 Å². The molecular weight excluding hydrogens is 420 g/mol. The second kappa shape index (κ2) is 10.3. The van der Waals surface area contributed by atoms with Gasteiger partial charge in [-0.05, 0) is 61.7 Å². The average Bonchev–Trinajstić information content (AvgIpc) is 3.53. The van der Waals surface area contributed by atoms with E-state index in [2.05, 4.69) is 10.1 Å². The van der Waals surface area contributed by atoms with Gasteiger partial charge in [0.2, 0.25) is 0 Å². The third kappa shape index (κ3) is 5.77. The van der Waals surface area contributed by atoms with E-state index in [1.165, 1.54) is 0 Å². The van der Waals surface area contributed by atoms with Crippen LogP contribution in [0.5, 0.6) is 5.75 Å². The van der Waals surface area contributed by atoms with Gasteiger partial charge in [-0.3, -0.25) is 9.59 Å². The Morgan fingerprint density at radius 1 is 1.12 bits per heavy atom. The molecule has 0 aliphatic carbocycles. The van der Waals surface area contributed by atoms with Crippen LogP contribution in [0.1, 0.15) is 34.6 Å². The minimum Gasteiger partial charge on any atom is -0.484 e. The molecular formula is C25H28N4O4. The third-order valence-electron chi connectivity index (χ3n) is 5.69. The van der Waals surface area contributed by atoms with Crippen molar-refractivity contribution in [1.29, 1.82) is 0 Å². The van der Waals surface area contributed by atoms with Crippen LogP contribution in [0.25, 0.3) is 11.5 Å². The molecule has 1 fully saturated rings. The van der Waals surface area contributed by atoms with E-state index < -0.39 is 0 Å². The molecule has 4 rings (SSSR count). The molecule has 0 atom stereocenters. The van der Waals surface area contributed by atoms with Gasteiger partial charge in [-0.2, -0.15) is 4.98 Å². The lowest BCUT2D eigenvalue weighted by atomic mass is 10.1. The van der Waals surface area contributed by atoms with Gasteiger partial charge in [0.1, 0.15) is 5.75 Å². The van der Waals surface area contributed by atoms with E-state index in [4.69, 9.17) is 9.26 Å². The molecule has 3 aromatic rings. The fourth-order valence-electron chi connectivity index (χ4n) is 3.68. The summed E-state index contributed by atoms with van der Waals surface area (Å²) in [6, 6.07) is 14.8. The molecule has 1 aliphatic heterocycles. The lowest BCUT2D eigenvalue weighted by Crippen LogP contribution is -2.33. The summed E-state index contributed by atoms with van der Waals surface area (Å²) in [5.41, 5.74) is 2.49. The van der Waals surface area contributed by atoms with Crippen LogP contribution in [-0.4, -0.2) is 65.0 Å². The van der Waals surface area contributed by atoms with Crippen molar-refractivity contribution in [3.63, 3.8) is 0 Å². The second-order valence-corrected chi connectivity index (χ2v) is 8.26. The summed E-state index contributed by atoms with van der Waals surface area (Å²) in [5.74, 6) is 1.51. The first-order valence-electron chi connectivity index (χ1n) is 11.2. The Balaban J connectivity index is 1.27. The average molecular weight is 449 g/mol. The van der Waals surface area contributed by atoms with E-state index >= 15 is 0 Å². The predicted octanol–water partition coefficient (Wildman–Crippen LogP) is 3.36. The number of carbonyl (C=O) groups excluding carboxylic acids is 2. The number of rotatable bonds is 8. The molecule has 33 heavy (non-hydrogen) atoms. The minimum absolute atomic E-state index is 0.0278. The molecule has 0 spiro atoms. The summed E-state index contributed by atoms with van der Waals surface area (Å²) in [4.78, 5) is 32.7. The highest BCUT2D eigenvalue weighted by molar-refractivity contribution is 5.94. The summed E-state index contributed by atoms with van der Waals surface area (Å²) < 4.78 is 11.0. The van der Waals surface area contributed by atoms with Crippen LogP contribution in [-0.2, 0) is 11.2 Å². The molecule has 0 unspecified atom stereocenters. The van der Waals surface area contributed by atoms with Crippen LogP contribution in [0.15, 0.2) is 53.1 Å². The van der Waals surface area contributed by atoms with E-state index in [1.54, 1.807) is 24.1 Å². The van der Waals surface area contributed by atoms with Gasteiger partial charge in [0.25, 0.3) is 17.7 Å². The zero-order valence-electron chi connectivity index (χ0n) is 19.0. The van der Waals surface area contributed by atoms with Crippen LogP contribution >= 0.6 is 0 Å². The Hall–Kier alpha value is -3.68. The van der Waals surface area contributed by atoms with Crippen molar-refractivity contribution in [3.8, 4) is 17.2 Å². The zero-order valence-corrected chi connectivity index (χ0v) is 19.0. The number of hydrogen-bond donors (Lipinski definition) is 0. The number of aryl methyl sites for hydroxylation is 1. The number of ether oxygens (including phenoxy) is 1. The van der Waals surface area contributed by atoms with Crippen molar-refractivity contribution in [3.05, 3.63) is 65.5 Å². The minimum atomic E-state index is -0.126. The van der Waals surface area contributed by atoms with Crippen molar-refractivity contribution in [1.82, 2.24) is 19.9 Å². The summed E-state index contributed by atoms with van der Waals surface area (Å²) in [6.07, 6.45) is 2.59. The third-order valence-corrected chi connectivity index (χ3v) is 5.69. The van der Waals surface area contributed by atoms with E-state index in [9.17, 15) is 9.59 Å². The van der Waals surface area contributed by atoms with Gasteiger partial charge in [0.15, 0.2) is 12.4 Å². The van der Waals surface area contributed by atoms with Crippen LogP contribution in [0, 0.1) is 6.92 Å². The van der Waals surface area contributed by atoms with E-state index in [0.29, 0.717) is 36.0 Å². The van der Waals surface area contributed by atoms with Gasteiger partial charge in [-0.1, -0.05) is 17.3 Å². The maximum atomic E-state index is 12.5. The zero-order chi connectivity index (χ0) is 23.2. The molecule has 1 saturated heterocycles. The molecule has 0 bridgehead atoms. The van der Waals surface area contributed by atoms with Crippen molar-refractivity contribution in [2.75, 3.05) is 33.3 Å². The Labute approximate surface area is 193 Å². The van der Waals surface area contributed by atoms with E-state index in [1.807, 2.05) is 48.2 Å². The number of likely N-dealkylation sites (N-methyl/N-ethyl adjacent to an activating group) is 1. The van der Waals surface area contributed by atoms with Gasteiger partial charge >= 0.3 is 0 Å². The van der Waals surface area contributed by atoms with Crippen molar-refractivity contribution >= 4 is 11.8 Å². The second-order valence-electron chi connectivity index (χ2n) is 8.26. The fourth-order valence-corrected chi connectivity index (χ4v) is 3.68. The van der Waals surface area contributed by atoms with Crippen LogP contribution < -0.4 is 4.74 Å². The number of amides is 2. The van der Waals surface area contributed by atoms with Gasteiger partial charge in [-0.25, -0.2) is 0 Å². The molecule has 172 valence electrons. The molecule has 0 N–H and O–H groups in total. The van der Waals surface area contributed by atoms with Crippen LogP contribution in [0.4, 0.5) is 0 Å². The van der Waals surface area contributed by atoms with E-state index in [-0.39, 0.29) is 18.4 Å². The van der Waals surface area contributed by atoms with E-state index in [0.717, 1.165) is 37.1 Å². The Morgan fingerprint density at radius 3 is 2.61 bits per heavy atom. The smallest absolute Gasteiger partial charge is 0.260 e. The Morgan fingerprint density at radius 2 is 1.88 bits per heavy atom. The summed E-state index contributed by atoms with van der Waals surface area (Å²) in [6.45, 7) is 4.03. The Bertz CT molecular complexity index is 1100. The summed E-state index contributed by atoms with van der Waals surface area (Å²) >= 11 is 0. The molecule has 8 nitrogen and oxygen atoms in total. The maximum absolute atomic E-state index is 12.5. The number of hydrogen-bond acceptors (Lipinski definition) is 6. The van der Waals surface area contributed by atoms with Crippen molar-refractivity contribution < 1.29 is 18.8 Å². The largest absolute Gasteiger partial charge is 0.484 e. The molecule has 0 radical (unpaired) electrons. The van der Waals surface area contributed by atoms with Gasteiger partial charge in [0.05, 0.1) is 0 Å². The van der Waals surface area contributed by atoms with Gasteiger partial charge < -0.3 is 19.1 Å². The lowest BCUT2D eigenvalue weighted by Gasteiger charge is -2.16. The molecule has 2 aromatic carbocycles. The highest BCUT2D eigenvalue weighted by Gasteiger charge is 2.20. The fraction of sp³-hybridized carbons (Fsp3) is 0.360. The van der Waals surface area contributed by atoms with Crippen molar-refractivity contribution in [2.24, 2.45) is 0 Å². The standard InChI is InChI=1S/C25H28N4O4/c1-18-6-5-7-21(16-18)32-17-23(30)28(2)15-12-22-26-24(33-27-22)19-8-10-20(11-9-19)25(31)29-13-3-4-14-29/h5-11,16H,3-4,12-15,17H2,1-2H3. The van der Waals surface area contributed by atoms with Crippen molar-refractivity contribution in [2.45, 2.75) is 26.2 Å². The SMILES string of the molecule is Cc1cccc(OCC(=O)N(C)CCc2noc(-c3ccc(C(=O)N4CCCC4)cc3)n2)c1. The number of carbonyl (C=O) groups is 2. The lowest BCUT2D eigenvalue weighted by molar-refractivity contribution is -0.132. The predicted molar refractivity (Wildman–Crippen MR) is 123 cm³/mol.